The molecule has 0 aliphatic carbocycles. The highest BCUT2D eigenvalue weighted by molar-refractivity contribution is 7.15. The number of carbonyl (C=O) groups is 5. The second-order valence-electron chi connectivity index (χ2n) is 9.67. The Bertz CT molecular complexity index is 1750. The van der Waals surface area contributed by atoms with Crippen LogP contribution in [-0.4, -0.2) is 45.5 Å². The monoisotopic (exact) mass is 600 g/mol. The number of piperidine rings is 1. The lowest BCUT2D eigenvalue weighted by molar-refractivity contribution is -0.136. The van der Waals surface area contributed by atoms with Gasteiger partial charge in [0.25, 0.3) is 17.7 Å². The number of halogens is 1. The first kappa shape index (κ1) is 27.3. The lowest BCUT2D eigenvalue weighted by atomic mass is 10.0. The minimum atomic E-state index is -1.04. The van der Waals surface area contributed by atoms with Crippen molar-refractivity contribution in [2.24, 2.45) is 0 Å². The van der Waals surface area contributed by atoms with Gasteiger partial charge in [-0.1, -0.05) is 23.7 Å². The molecule has 1 aromatic heterocycles. The zero-order valence-electron chi connectivity index (χ0n) is 21.8. The number of anilines is 1. The van der Waals surface area contributed by atoms with Crippen molar-refractivity contribution in [1.29, 1.82) is 0 Å². The average Bonchev–Trinajstić information content (AvgIpc) is 3.51. The fraction of sp³-hybridized carbons (Fsp3) is 0.133. The summed E-state index contributed by atoms with van der Waals surface area (Å²) in [4.78, 5) is 68.6. The van der Waals surface area contributed by atoms with Gasteiger partial charge in [0.15, 0.2) is 5.13 Å². The number of nitrogens with one attached hydrogen (secondary N) is 2. The summed E-state index contributed by atoms with van der Waals surface area (Å²) in [5, 5.41) is 6.12. The number of thiazole rings is 1. The van der Waals surface area contributed by atoms with E-state index in [4.69, 9.17) is 16.3 Å². The number of imide groups is 2. The van der Waals surface area contributed by atoms with E-state index in [-0.39, 0.29) is 29.9 Å². The number of hydrogen-bond donors (Lipinski definition) is 2. The van der Waals surface area contributed by atoms with Gasteiger partial charge in [0.2, 0.25) is 11.8 Å². The second-order valence-corrected chi connectivity index (χ2v) is 11.2. The van der Waals surface area contributed by atoms with Gasteiger partial charge in [-0.3, -0.25) is 39.5 Å². The van der Waals surface area contributed by atoms with E-state index in [0.29, 0.717) is 33.6 Å². The molecule has 3 heterocycles. The van der Waals surface area contributed by atoms with Crippen LogP contribution in [0.4, 0.5) is 5.13 Å². The third kappa shape index (κ3) is 5.52. The molecule has 0 bridgehead atoms. The Hall–Kier alpha value is -4.87. The van der Waals surface area contributed by atoms with Crippen molar-refractivity contribution in [2.45, 2.75) is 25.3 Å². The highest BCUT2D eigenvalue weighted by Crippen LogP contribution is 2.32. The summed E-state index contributed by atoms with van der Waals surface area (Å²) in [6.07, 6.45) is 2.52. The SMILES string of the molecule is O=C1CCC(N2C(=O)c3ccc(Oc4ccc(C(=O)Nc5ncc(Cc6ccc(Cl)cc6)s5)cc4)cc3C2=O)C(=O)N1. The molecule has 0 saturated carbocycles. The fourth-order valence-electron chi connectivity index (χ4n) is 4.74. The Morgan fingerprint density at radius 3 is 2.43 bits per heavy atom. The smallest absolute Gasteiger partial charge is 0.262 e. The molecule has 12 heteroatoms. The molecule has 2 aliphatic heterocycles. The van der Waals surface area contributed by atoms with Crippen LogP contribution in [0.3, 0.4) is 0 Å². The Balaban J connectivity index is 1.09. The fourth-order valence-corrected chi connectivity index (χ4v) is 5.71. The number of fused-ring (bicyclic) bond motifs is 1. The molecule has 6 rings (SSSR count). The van der Waals surface area contributed by atoms with Crippen molar-refractivity contribution in [3.8, 4) is 11.5 Å². The zero-order chi connectivity index (χ0) is 29.4. The molecule has 1 fully saturated rings. The number of benzene rings is 3. The summed E-state index contributed by atoms with van der Waals surface area (Å²) in [6, 6.07) is 17.4. The lowest BCUT2D eigenvalue weighted by Gasteiger charge is -2.27. The van der Waals surface area contributed by atoms with Crippen molar-refractivity contribution >= 4 is 57.6 Å². The number of ether oxygens (including phenoxy) is 1. The van der Waals surface area contributed by atoms with Gasteiger partial charge >= 0.3 is 0 Å². The van der Waals surface area contributed by atoms with E-state index in [9.17, 15) is 24.0 Å². The number of rotatable bonds is 7. The van der Waals surface area contributed by atoms with Gasteiger partial charge in [-0.25, -0.2) is 4.98 Å². The van der Waals surface area contributed by atoms with Crippen LogP contribution in [0.15, 0.2) is 72.9 Å². The maximum atomic E-state index is 13.0. The molecular weight excluding hydrogens is 580 g/mol. The van der Waals surface area contributed by atoms with Crippen molar-refractivity contribution in [3.63, 3.8) is 0 Å². The van der Waals surface area contributed by atoms with E-state index in [1.807, 2.05) is 24.3 Å². The molecule has 2 N–H and O–H groups in total. The highest BCUT2D eigenvalue weighted by atomic mass is 35.5. The van der Waals surface area contributed by atoms with E-state index in [1.54, 1.807) is 36.5 Å². The molecule has 1 saturated heterocycles. The topological polar surface area (TPSA) is 135 Å². The van der Waals surface area contributed by atoms with Gasteiger partial charge < -0.3 is 4.74 Å². The third-order valence-electron chi connectivity index (χ3n) is 6.83. The first-order valence-electron chi connectivity index (χ1n) is 12.9. The quantitative estimate of drug-likeness (QED) is 0.290. The van der Waals surface area contributed by atoms with Crippen LogP contribution >= 0.6 is 22.9 Å². The number of aromatic nitrogens is 1. The number of amides is 5. The third-order valence-corrected chi connectivity index (χ3v) is 7.99. The van der Waals surface area contributed by atoms with Crippen LogP contribution in [-0.2, 0) is 16.0 Å². The maximum absolute atomic E-state index is 13.0. The van der Waals surface area contributed by atoms with E-state index in [0.717, 1.165) is 15.3 Å². The molecule has 210 valence electrons. The molecule has 0 spiro atoms. The molecule has 4 aromatic rings. The van der Waals surface area contributed by atoms with Crippen LogP contribution in [0.5, 0.6) is 11.5 Å². The van der Waals surface area contributed by atoms with Gasteiger partial charge in [0.1, 0.15) is 17.5 Å². The first-order chi connectivity index (χ1) is 20.2. The Kier molecular flexibility index (Phi) is 7.27. The van der Waals surface area contributed by atoms with E-state index in [2.05, 4.69) is 15.6 Å². The summed E-state index contributed by atoms with van der Waals surface area (Å²) in [6.45, 7) is 0. The van der Waals surface area contributed by atoms with Crippen molar-refractivity contribution in [3.05, 3.63) is 105 Å². The summed E-state index contributed by atoms with van der Waals surface area (Å²) in [5.41, 5.74) is 1.74. The van der Waals surface area contributed by atoms with E-state index < -0.39 is 29.7 Å². The standard InChI is InChI=1S/C30H21ClN4O6S/c31-18-5-1-16(2-6-18)13-21-15-32-30(42-21)34-26(37)17-3-7-19(8-4-17)41-20-9-10-22-23(14-20)29(40)35(28(22)39)24-11-12-25(36)33-27(24)38/h1-10,14-15,24H,11-13H2,(H,32,34,37)(H,33,36,38). The van der Waals surface area contributed by atoms with E-state index >= 15 is 0 Å². The largest absolute Gasteiger partial charge is 0.457 e. The number of carbonyl (C=O) groups excluding carboxylic acids is 5. The van der Waals surface area contributed by atoms with Gasteiger partial charge in [-0.2, -0.15) is 0 Å². The van der Waals surface area contributed by atoms with Crippen LogP contribution in [0.1, 0.15) is 54.4 Å². The predicted molar refractivity (Wildman–Crippen MR) is 154 cm³/mol. The molecule has 1 atom stereocenters. The normalized spacial score (nSPS) is 16.3. The van der Waals surface area contributed by atoms with Gasteiger partial charge in [-0.15, -0.1) is 11.3 Å². The van der Waals surface area contributed by atoms with Crippen LogP contribution in [0.25, 0.3) is 0 Å². The molecular formula is C30H21ClN4O6S. The number of nitrogens with zero attached hydrogens (tertiary/aromatic N) is 2. The van der Waals surface area contributed by atoms with Gasteiger partial charge in [0, 0.05) is 34.5 Å². The highest BCUT2D eigenvalue weighted by Gasteiger charge is 2.44. The van der Waals surface area contributed by atoms with Gasteiger partial charge in [-0.05, 0) is 66.6 Å². The summed E-state index contributed by atoms with van der Waals surface area (Å²) in [5.74, 6) is -1.95. The molecule has 1 unspecified atom stereocenters. The van der Waals surface area contributed by atoms with E-state index in [1.165, 1.54) is 23.5 Å². The summed E-state index contributed by atoms with van der Waals surface area (Å²) in [7, 11) is 0. The average molecular weight is 601 g/mol. The Morgan fingerprint density at radius 1 is 0.976 bits per heavy atom. The summed E-state index contributed by atoms with van der Waals surface area (Å²) < 4.78 is 5.87. The predicted octanol–water partition coefficient (Wildman–Crippen LogP) is 4.83. The minimum Gasteiger partial charge on any atom is -0.457 e. The second kappa shape index (κ2) is 11.2. The first-order valence-corrected chi connectivity index (χ1v) is 14.1. The molecule has 42 heavy (non-hydrogen) atoms. The summed E-state index contributed by atoms with van der Waals surface area (Å²) >= 11 is 7.33. The lowest BCUT2D eigenvalue weighted by Crippen LogP contribution is -2.54. The number of hydrogen-bond acceptors (Lipinski definition) is 8. The van der Waals surface area contributed by atoms with Crippen LogP contribution in [0, 0.1) is 0 Å². The molecule has 5 amide bonds. The van der Waals surface area contributed by atoms with Crippen molar-refractivity contribution in [1.82, 2.24) is 15.2 Å². The van der Waals surface area contributed by atoms with Crippen LogP contribution < -0.4 is 15.4 Å². The molecule has 0 radical (unpaired) electrons. The van der Waals surface area contributed by atoms with Crippen molar-refractivity contribution < 1.29 is 28.7 Å². The Morgan fingerprint density at radius 2 is 1.69 bits per heavy atom. The van der Waals surface area contributed by atoms with Gasteiger partial charge in [0.05, 0.1) is 11.1 Å². The van der Waals surface area contributed by atoms with Crippen LogP contribution in [0.2, 0.25) is 5.02 Å². The zero-order valence-corrected chi connectivity index (χ0v) is 23.3. The van der Waals surface area contributed by atoms with Crippen molar-refractivity contribution in [2.75, 3.05) is 5.32 Å². The molecule has 2 aliphatic rings. The molecule has 3 aromatic carbocycles. The molecule has 10 nitrogen and oxygen atoms in total. The Labute approximate surface area is 248 Å². The maximum Gasteiger partial charge on any atom is 0.262 e. The minimum absolute atomic E-state index is 0.0430.